The van der Waals surface area contributed by atoms with Crippen LogP contribution in [0.1, 0.15) is 61.8 Å². The van der Waals surface area contributed by atoms with Gasteiger partial charge >= 0.3 is 0 Å². The van der Waals surface area contributed by atoms with Gasteiger partial charge in [-0.2, -0.15) is 0 Å². The maximum absolute atomic E-state index is 2.74. The van der Waals surface area contributed by atoms with Crippen molar-refractivity contribution < 1.29 is 0 Å². The molecule has 118 valence electrons. The van der Waals surface area contributed by atoms with Crippen molar-refractivity contribution in [2.24, 2.45) is 29.6 Å². The molecular formula is C19H37N. The zero-order chi connectivity index (χ0) is 15.4. The second-order valence-corrected chi connectivity index (χ2v) is 7.96. The van der Waals surface area contributed by atoms with Crippen molar-refractivity contribution in [2.45, 2.75) is 73.9 Å². The summed E-state index contributed by atoms with van der Waals surface area (Å²) in [5.41, 5.74) is 0. The molecule has 0 saturated carbocycles. The quantitative estimate of drug-likeness (QED) is 0.637. The Kier molecular flexibility index (Phi) is 6.78. The molecule has 1 heteroatoms. The third-order valence-corrected chi connectivity index (χ3v) is 5.14. The summed E-state index contributed by atoms with van der Waals surface area (Å²) in [7, 11) is 0. The van der Waals surface area contributed by atoms with Crippen LogP contribution >= 0.6 is 0 Å². The Labute approximate surface area is 127 Å². The van der Waals surface area contributed by atoms with Gasteiger partial charge in [0.05, 0.1) is 0 Å². The van der Waals surface area contributed by atoms with Gasteiger partial charge in [-0.3, -0.25) is 4.90 Å². The van der Waals surface area contributed by atoms with E-state index in [2.05, 4.69) is 72.4 Å². The minimum atomic E-state index is 0.624. The Morgan fingerprint density at radius 2 is 1.40 bits per heavy atom. The van der Waals surface area contributed by atoms with E-state index in [1.807, 2.05) is 0 Å². The molecule has 1 aliphatic heterocycles. The highest BCUT2D eigenvalue weighted by atomic mass is 15.2. The molecule has 0 N–H and O–H groups in total. The lowest BCUT2D eigenvalue weighted by molar-refractivity contribution is 0.0175. The second kappa shape index (κ2) is 7.64. The minimum Gasteiger partial charge on any atom is -0.294 e. The molecule has 0 spiro atoms. The number of allylic oxidation sites excluding steroid dienone is 1. The van der Waals surface area contributed by atoms with Crippen LogP contribution in [-0.2, 0) is 0 Å². The molecule has 0 fully saturated rings. The lowest BCUT2D eigenvalue weighted by Crippen LogP contribution is -2.52. The lowest BCUT2D eigenvalue weighted by atomic mass is 9.68. The first-order valence-corrected chi connectivity index (χ1v) is 8.68. The van der Waals surface area contributed by atoms with Crippen LogP contribution in [-0.4, -0.2) is 23.5 Å². The third-order valence-electron chi connectivity index (χ3n) is 5.14. The van der Waals surface area contributed by atoms with Crippen molar-refractivity contribution in [3.63, 3.8) is 0 Å². The van der Waals surface area contributed by atoms with E-state index in [1.54, 1.807) is 0 Å². The van der Waals surface area contributed by atoms with Crippen molar-refractivity contribution in [1.29, 1.82) is 0 Å². The van der Waals surface area contributed by atoms with Gasteiger partial charge in [0.2, 0.25) is 0 Å². The summed E-state index contributed by atoms with van der Waals surface area (Å²) < 4.78 is 0. The maximum atomic E-state index is 2.74. The van der Waals surface area contributed by atoms with Gasteiger partial charge in [0, 0.05) is 18.6 Å². The number of hydrogen-bond donors (Lipinski definition) is 0. The summed E-state index contributed by atoms with van der Waals surface area (Å²) in [6, 6.07) is 1.33. The smallest absolute Gasteiger partial charge is 0.0169 e. The van der Waals surface area contributed by atoms with Gasteiger partial charge in [-0.1, -0.05) is 53.7 Å². The van der Waals surface area contributed by atoms with Crippen molar-refractivity contribution in [1.82, 2.24) is 4.90 Å². The van der Waals surface area contributed by atoms with Gasteiger partial charge < -0.3 is 0 Å². The molecule has 0 bridgehead atoms. The number of rotatable bonds is 4. The minimum absolute atomic E-state index is 0.624. The molecule has 0 aromatic heterocycles. The molecule has 3 atom stereocenters. The summed E-state index contributed by atoms with van der Waals surface area (Å²) in [6.07, 6.45) is 6.10. The first kappa shape index (κ1) is 17.8. The Balaban J connectivity index is 3.22. The lowest BCUT2D eigenvalue weighted by Gasteiger charge is -2.48. The van der Waals surface area contributed by atoms with Crippen molar-refractivity contribution in [3.05, 3.63) is 12.2 Å². The molecule has 1 nitrogen and oxygen atoms in total. The van der Waals surface area contributed by atoms with Crippen LogP contribution in [0.25, 0.3) is 0 Å². The molecule has 1 heterocycles. The summed E-state index contributed by atoms with van der Waals surface area (Å²) >= 11 is 0. The van der Waals surface area contributed by atoms with E-state index < -0.39 is 0 Å². The van der Waals surface area contributed by atoms with E-state index in [1.165, 1.54) is 6.42 Å². The van der Waals surface area contributed by atoms with Crippen LogP contribution < -0.4 is 0 Å². The van der Waals surface area contributed by atoms with Crippen molar-refractivity contribution >= 4 is 0 Å². The molecule has 0 aromatic rings. The summed E-state index contributed by atoms with van der Waals surface area (Å²) in [5, 5.41) is 0. The highest BCUT2D eigenvalue weighted by molar-refractivity contribution is 4.99. The first-order chi connectivity index (χ1) is 9.27. The molecule has 1 aliphatic rings. The zero-order valence-corrected chi connectivity index (χ0v) is 15.1. The topological polar surface area (TPSA) is 3.24 Å². The van der Waals surface area contributed by atoms with Crippen molar-refractivity contribution in [2.75, 3.05) is 6.54 Å². The van der Waals surface area contributed by atoms with Crippen LogP contribution in [0.5, 0.6) is 0 Å². The van der Waals surface area contributed by atoms with E-state index in [0.29, 0.717) is 12.1 Å². The predicted molar refractivity (Wildman–Crippen MR) is 90.9 cm³/mol. The standard InChI is InChI=1S/C19H37N/c1-13(2)17-11-9-10-12-20(16(7)8)19(15(5)6)18(17)14(3)4/h9-10,13-19H,11-12H2,1-8H3/b10-9-. The maximum Gasteiger partial charge on any atom is 0.0169 e. The Morgan fingerprint density at radius 3 is 1.80 bits per heavy atom. The van der Waals surface area contributed by atoms with Gasteiger partial charge in [-0.15, -0.1) is 0 Å². The van der Waals surface area contributed by atoms with Crippen LogP contribution in [0.3, 0.4) is 0 Å². The van der Waals surface area contributed by atoms with Crippen molar-refractivity contribution in [3.8, 4) is 0 Å². The van der Waals surface area contributed by atoms with Crippen LogP contribution in [0.2, 0.25) is 0 Å². The van der Waals surface area contributed by atoms with E-state index in [4.69, 9.17) is 0 Å². The van der Waals surface area contributed by atoms with Crippen LogP contribution in [0, 0.1) is 29.6 Å². The molecule has 20 heavy (non-hydrogen) atoms. The largest absolute Gasteiger partial charge is 0.294 e. The Morgan fingerprint density at radius 1 is 0.800 bits per heavy atom. The third kappa shape index (κ3) is 4.10. The fraction of sp³-hybridized carbons (Fsp3) is 0.895. The molecule has 0 aliphatic carbocycles. The van der Waals surface area contributed by atoms with E-state index in [-0.39, 0.29) is 0 Å². The summed E-state index contributed by atoms with van der Waals surface area (Å²) in [4.78, 5) is 2.74. The predicted octanol–water partition coefficient (Wildman–Crippen LogP) is 5.23. The molecule has 0 saturated heterocycles. The second-order valence-electron chi connectivity index (χ2n) is 7.96. The Bertz CT molecular complexity index is 271. The normalized spacial score (nSPS) is 31.1. The van der Waals surface area contributed by atoms with Gasteiger partial charge in [0.1, 0.15) is 0 Å². The van der Waals surface area contributed by atoms with E-state index in [0.717, 1.165) is 36.1 Å². The molecule has 0 amide bonds. The van der Waals surface area contributed by atoms with E-state index in [9.17, 15) is 0 Å². The highest BCUT2D eigenvalue weighted by Gasteiger charge is 2.39. The fourth-order valence-corrected chi connectivity index (χ4v) is 4.19. The van der Waals surface area contributed by atoms with Gasteiger partial charge in [-0.25, -0.2) is 0 Å². The van der Waals surface area contributed by atoms with E-state index >= 15 is 0 Å². The number of nitrogens with zero attached hydrogens (tertiary/aromatic N) is 1. The monoisotopic (exact) mass is 279 g/mol. The van der Waals surface area contributed by atoms with Gasteiger partial charge in [0.25, 0.3) is 0 Å². The average molecular weight is 280 g/mol. The van der Waals surface area contributed by atoms with Crippen LogP contribution in [0.4, 0.5) is 0 Å². The van der Waals surface area contributed by atoms with Gasteiger partial charge in [0.15, 0.2) is 0 Å². The fourth-order valence-electron chi connectivity index (χ4n) is 4.19. The molecular weight excluding hydrogens is 242 g/mol. The van der Waals surface area contributed by atoms with Gasteiger partial charge in [-0.05, 0) is 49.9 Å². The molecule has 1 rings (SSSR count). The first-order valence-electron chi connectivity index (χ1n) is 8.68. The molecule has 0 radical (unpaired) electrons. The Hall–Kier alpha value is -0.300. The number of hydrogen-bond acceptors (Lipinski definition) is 1. The highest BCUT2D eigenvalue weighted by Crippen LogP contribution is 2.39. The zero-order valence-electron chi connectivity index (χ0n) is 15.1. The SMILES string of the molecule is CC(C)C1C/C=C\CN(C(C)C)C(C(C)C)C1C(C)C. The average Bonchev–Trinajstić information content (AvgIpc) is 2.26. The summed E-state index contributed by atoms with van der Waals surface area (Å²) in [5.74, 6) is 3.84. The summed E-state index contributed by atoms with van der Waals surface area (Å²) in [6.45, 7) is 20.3. The molecule has 3 unspecified atom stereocenters. The van der Waals surface area contributed by atoms with Crippen LogP contribution in [0.15, 0.2) is 12.2 Å². The molecule has 0 aromatic carbocycles.